The maximum atomic E-state index is 12.5. The number of thiazole rings is 1. The number of aromatic nitrogens is 1. The van der Waals surface area contributed by atoms with Gasteiger partial charge in [-0.25, -0.2) is 4.98 Å². The van der Waals surface area contributed by atoms with Crippen LogP contribution in [0.5, 0.6) is 0 Å². The molecule has 1 aromatic heterocycles. The molecule has 4 nitrogen and oxygen atoms in total. The van der Waals surface area contributed by atoms with E-state index in [1.807, 2.05) is 51.3 Å². The number of amides is 1. The molecule has 1 heterocycles. The summed E-state index contributed by atoms with van der Waals surface area (Å²) < 4.78 is 0. The topological polar surface area (TPSA) is 54.0 Å². The first-order chi connectivity index (χ1) is 10.0. The molecule has 1 unspecified atom stereocenters. The SMILES string of the molecule is CCNc1cc(C)ccc1C(=O)NC(C)c1nc(C)cs1. The second kappa shape index (κ2) is 6.72. The minimum atomic E-state index is -0.0908. The molecule has 0 saturated heterocycles. The molecular formula is C16H21N3OS. The number of hydrogen-bond donors (Lipinski definition) is 2. The van der Waals surface area contributed by atoms with Gasteiger partial charge in [0.15, 0.2) is 0 Å². The molecule has 1 amide bonds. The summed E-state index contributed by atoms with van der Waals surface area (Å²) in [6.45, 7) is 8.73. The van der Waals surface area contributed by atoms with Crippen molar-refractivity contribution in [3.8, 4) is 0 Å². The van der Waals surface area contributed by atoms with E-state index in [-0.39, 0.29) is 11.9 Å². The highest BCUT2D eigenvalue weighted by molar-refractivity contribution is 7.09. The van der Waals surface area contributed by atoms with Gasteiger partial charge in [-0.05, 0) is 45.4 Å². The van der Waals surface area contributed by atoms with Crippen LogP contribution in [0.25, 0.3) is 0 Å². The van der Waals surface area contributed by atoms with Gasteiger partial charge >= 0.3 is 0 Å². The zero-order valence-corrected chi connectivity index (χ0v) is 13.7. The second-order valence-corrected chi connectivity index (χ2v) is 5.99. The van der Waals surface area contributed by atoms with E-state index < -0.39 is 0 Å². The van der Waals surface area contributed by atoms with Crippen LogP contribution in [0.1, 0.15) is 46.5 Å². The van der Waals surface area contributed by atoms with Crippen LogP contribution in [0.3, 0.4) is 0 Å². The predicted octanol–water partition coefficient (Wildman–Crippen LogP) is 3.68. The highest BCUT2D eigenvalue weighted by atomic mass is 32.1. The number of hydrogen-bond acceptors (Lipinski definition) is 4. The van der Waals surface area contributed by atoms with Crippen LogP contribution < -0.4 is 10.6 Å². The molecule has 112 valence electrons. The van der Waals surface area contributed by atoms with Gasteiger partial charge in [-0.15, -0.1) is 11.3 Å². The summed E-state index contributed by atoms with van der Waals surface area (Å²) in [6.07, 6.45) is 0. The van der Waals surface area contributed by atoms with Crippen LogP contribution in [0.2, 0.25) is 0 Å². The molecule has 2 aromatic rings. The highest BCUT2D eigenvalue weighted by Crippen LogP contribution is 2.21. The molecule has 0 saturated carbocycles. The van der Waals surface area contributed by atoms with Gasteiger partial charge in [0.25, 0.3) is 5.91 Å². The van der Waals surface area contributed by atoms with Crippen LogP contribution in [-0.2, 0) is 0 Å². The number of carbonyl (C=O) groups excluding carboxylic acids is 1. The molecule has 0 aliphatic heterocycles. The van der Waals surface area contributed by atoms with E-state index in [9.17, 15) is 4.79 Å². The Morgan fingerprint density at radius 2 is 2.14 bits per heavy atom. The number of nitrogens with one attached hydrogen (secondary N) is 2. The van der Waals surface area contributed by atoms with Gasteiger partial charge < -0.3 is 10.6 Å². The number of nitrogens with zero attached hydrogens (tertiary/aromatic N) is 1. The normalized spacial score (nSPS) is 12.0. The number of rotatable bonds is 5. The number of benzene rings is 1. The quantitative estimate of drug-likeness (QED) is 0.886. The summed E-state index contributed by atoms with van der Waals surface area (Å²) in [5.41, 5.74) is 3.66. The van der Waals surface area contributed by atoms with Crippen LogP contribution >= 0.6 is 11.3 Å². The van der Waals surface area contributed by atoms with Crippen molar-refractivity contribution < 1.29 is 4.79 Å². The fourth-order valence-electron chi connectivity index (χ4n) is 2.10. The van der Waals surface area contributed by atoms with Crippen LogP contribution in [0.15, 0.2) is 23.6 Å². The molecule has 2 rings (SSSR count). The molecular weight excluding hydrogens is 282 g/mol. The lowest BCUT2D eigenvalue weighted by atomic mass is 10.1. The summed E-state index contributed by atoms with van der Waals surface area (Å²) in [4.78, 5) is 16.9. The lowest BCUT2D eigenvalue weighted by molar-refractivity contribution is 0.0940. The standard InChI is InChI=1S/C16H21N3OS/c1-5-17-14-8-10(2)6-7-13(14)15(20)19-12(4)16-18-11(3)9-21-16/h6-9,12,17H,5H2,1-4H3,(H,19,20). The van der Waals surface area contributed by atoms with Crippen molar-refractivity contribution in [3.63, 3.8) is 0 Å². The van der Waals surface area contributed by atoms with Gasteiger partial charge in [0.2, 0.25) is 0 Å². The van der Waals surface area contributed by atoms with Crippen LogP contribution in [0.4, 0.5) is 5.69 Å². The molecule has 0 aliphatic rings. The Morgan fingerprint density at radius 3 is 2.76 bits per heavy atom. The Kier molecular flexibility index (Phi) is 4.96. The molecule has 0 radical (unpaired) electrons. The van der Waals surface area contributed by atoms with Gasteiger partial charge in [-0.2, -0.15) is 0 Å². The minimum Gasteiger partial charge on any atom is -0.385 e. The van der Waals surface area contributed by atoms with Gasteiger partial charge in [0.1, 0.15) is 5.01 Å². The van der Waals surface area contributed by atoms with Gasteiger partial charge in [-0.3, -0.25) is 4.79 Å². The zero-order valence-electron chi connectivity index (χ0n) is 12.9. The summed E-state index contributed by atoms with van der Waals surface area (Å²) in [6, 6.07) is 5.72. The summed E-state index contributed by atoms with van der Waals surface area (Å²) in [5.74, 6) is -0.0775. The first-order valence-electron chi connectivity index (χ1n) is 7.08. The Balaban J connectivity index is 2.16. The molecule has 21 heavy (non-hydrogen) atoms. The van der Waals surface area contributed by atoms with Crippen molar-refractivity contribution in [2.75, 3.05) is 11.9 Å². The van der Waals surface area contributed by atoms with Crippen molar-refractivity contribution in [2.24, 2.45) is 0 Å². The van der Waals surface area contributed by atoms with E-state index in [1.165, 1.54) is 0 Å². The largest absolute Gasteiger partial charge is 0.385 e. The lowest BCUT2D eigenvalue weighted by Gasteiger charge is -2.15. The monoisotopic (exact) mass is 303 g/mol. The Labute approximate surface area is 129 Å². The first-order valence-corrected chi connectivity index (χ1v) is 7.96. The highest BCUT2D eigenvalue weighted by Gasteiger charge is 2.16. The Hall–Kier alpha value is -1.88. The third-order valence-electron chi connectivity index (χ3n) is 3.14. The van der Waals surface area contributed by atoms with Crippen LogP contribution in [0, 0.1) is 13.8 Å². The summed E-state index contributed by atoms with van der Waals surface area (Å²) >= 11 is 1.57. The van der Waals surface area contributed by atoms with Gasteiger partial charge in [0, 0.05) is 23.3 Å². The van der Waals surface area contributed by atoms with E-state index in [4.69, 9.17) is 0 Å². The predicted molar refractivity (Wildman–Crippen MR) is 88.1 cm³/mol. The van der Waals surface area contributed by atoms with Gasteiger partial charge in [0.05, 0.1) is 11.6 Å². The molecule has 0 bridgehead atoms. The van der Waals surface area contributed by atoms with Crippen molar-refractivity contribution in [2.45, 2.75) is 33.7 Å². The van der Waals surface area contributed by atoms with Crippen LogP contribution in [-0.4, -0.2) is 17.4 Å². The fourth-order valence-corrected chi connectivity index (χ4v) is 2.90. The van der Waals surface area contributed by atoms with E-state index in [0.29, 0.717) is 5.56 Å². The fraction of sp³-hybridized carbons (Fsp3) is 0.375. The molecule has 0 fully saturated rings. The Morgan fingerprint density at radius 1 is 1.38 bits per heavy atom. The summed E-state index contributed by atoms with van der Waals surface area (Å²) in [7, 11) is 0. The van der Waals surface area contributed by atoms with Crippen molar-refractivity contribution in [1.82, 2.24) is 10.3 Å². The summed E-state index contributed by atoms with van der Waals surface area (Å²) in [5, 5.41) is 9.18. The van der Waals surface area contributed by atoms with E-state index >= 15 is 0 Å². The molecule has 0 spiro atoms. The molecule has 0 aliphatic carbocycles. The second-order valence-electron chi connectivity index (χ2n) is 5.10. The number of carbonyl (C=O) groups is 1. The number of aryl methyl sites for hydroxylation is 2. The maximum absolute atomic E-state index is 12.5. The first kappa shape index (κ1) is 15.5. The zero-order chi connectivity index (χ0) is 15.4. The van der Waals surface area contributed by atoms with E-state index in [2.05, 4.69) is 15.6 Å². The molecule has 2 N–H and O–H groups in total. The smallest absolute Gasteiger partial charge is 0.253 e. The van der Waals surface area contributed by atoms with E-state index in [1.54, 1.807) is 11.3 Å². The number of anilines is 1. The van der Waals surface area contributed by atoms with E-state index in [0.717, 1.165) is 28.5 Å². The van der Waals surface area contributed by atoms with Crippen molar-refractivity contribution >= 4 is 22.9 Å². The lowest BCUT2D eigenvalue weighted by Crippen LogP contribution is -2.27. The van der Waals surface area contributed by atoms with Crippen molar-refractivity contribution in [1.29, 1.82) is 0 Å². The average molecular weight is 303 g/mol. The maximum Gasteiger partial charge on any atom is 0.253 e. The Bertz CT molecular complexity index is 636. The van der Waals surface area contributed by atoms with Crippen molar-refractivity contribution in [3.05, 3.63) is 45.4 Å². The minimum absolute atomic E-state index is 0.0775. The molecule has 5 heteroatoms. The average Bonchev–Trinajstić information content (AvgIpc) is 2.86. The third-order valence-corrected chi connectivity index (χ3v) is 4.29. The van der Waals surface area contributed by atoms with Gasteiger partial charge in [-0.1, -0.05) is 6.07 Å². The molecule has 1 aromatic carbocycles. The third kappa shape index (κ3) is 3.82. The molecule has 1 atom stereocenters.